The molecule has 1 aromatic heterocycles. The van der Waals surface area contributed by atoms with Crippen molar-refractivity contribution >= 4 is 5.78 Å². The number of aromatic nitrogens is 2. The highest BCUT2D eigenvalue weighted by molar-refractivity contribution is 5.95. The molecule has 1 aromatic rings. The zero-order valence-corrected chi connectivity index (χ0v) is 6.57. The summed E-state index contributed by atoms with van der Waals surface area (Å²) in [5.41, 5.74) is 0.576. The lowest BCUT2D eigenvalue weighted by Gasteiger charge is -1.98. The molecular formula is C7H10N2O2. The van der Waals surface area contributed by atoms with Gasteiger partial charge in [0.1, 0.15) is 12.3 Å². The van der Waals surface area contributed by atoms with Crippen molar-refractivity contribution in [1.82, 2.24) is 9.78 Å². The van der Waals surface area contributed by atoms with Crippen LogP contribution in [0.1, 0.15) is 10.5 Å². The Morgan fingerprint density at radius 2 is 2.55 bits per heavy atom. The van der Waals surface area contributed by atoms with Crippen LogP contribution in [0.25, 0.3) is 0 Å². The van der Waals surface area contributed by atoms with E-state index >= 15 is 0 Å². The summed E-state index contributed by atoms with van der Waals surface area (Å²) in [7, 11) is 3.22. The molecule has 0 amide bonds. The maximum absolute atomic E-state index is 11.1. The summed E-state index contributed by atoms with van der Waals surface area (Å²) in [6.45, 7) is 0.111. The fourth-order valence-electron chi connectivity index (χ4n) is 0.852. The zero-order valence-electron chi connectivity index (χ0n) is 6.57. The van der Waals surface area contributed by atoms with E-state index in [1.165, 1.54) is 11.8 Å². The van der Waals surface area contributed by atoms with Gasteiger partial charge in [0.05, 0.1) is 0 Å². The van der Waals surface area contributed by atoms with Crippen LogP contribution in [-0.4, -0.2) is 29.3 Å². The molecule has 60 valence electrons. The van der Waals surface area contributed by atoms with Gasteiger partial charge in [-0.3, -0.25) is 9.48 Å². The molecule has 0 bridgehead atoms. The highest BCUT2D eigenvalue weighted by Crippen LogP contribution is 1.97. The lowest BCUT2D eigenvalue weighted by atomic mass is 10.3. The lowest BCUT2D eigenvalue weighted by Crippen LogP contribution is -2.11. The largest absolute Gasteiger partial charge is 0.376 e. The minimum absolute atomic E-state index is 0.0486. The van der Waals surface area contributed by atoms with Crippen LogP contribution >= 0.6 is 0 Å². The highest BCUT2D eigenvalue weighted by Gasteiger charge is 2.07. The zero-order chi connectivity index (χ0) is 8.27. The molecule has 0 saturated heterocycles. The predicted octanol–water partition coefficient (Wildman–Crippen LogP) is 0.249. The Balaban J connectivity index is 2.76. The van der Waals surface area contributed by atoms with Crippen molar-refractivity contribution in [1.29, 1.82) is 0 Å². The molecule has 0 atom stereocenters. The van der Waals surface area contributed by atoms with Crippen molar-refractivity contribution < 1.29 is 9.53 Å². The molecule has 0 N–H and O–H groups in total. The van der Waals surface area contributed by atoms with Gasteiger partial charge >= 0.3 is 0 Å². The van der Waals surface area contributed by atoms with Crippen molar-refractivity contribution in [2.75, 3.05) is 13.7 Å². The third-order valence-electron chi connectivity index (χ3n) is 1.38. The number of nitrogens with zero attached hydrogens (tertiary/aromatic N) is 2. The summed E-state index contributed by atoms with van der Waals surface area (Å²) in [6, 6.07) is 1.67. The third-order valence-corrected chi connectivity index (χ3v) is 1.38. The summed E-state index contributed by atoms with van der Waals surface area (Å²) in [5.74, 6) is -0.0486. The van der Waals surface area contributed by atoms with E-state index in [0.29, 0.717) is 5.69 Å². The number of ketones is 1. The maximum Gasteiger partial charge on any atom is 0.206 e. The van der Waals surface area contributed by atoms with Crippen molar-refractivity contribution in [3.05, 3.63) is 18.0 Å². The quantitative estimate of drug-likeness (QED) is 0.586. The van der Waals surface area contributed by atoms with Gasteiger partial charge in [-0.25, -0.2) is 0 Å². The number of Topliss-reactive ketones (excluding diaryl/α,β-unsaturated/α-hetero) is 1. The second-order valence-electron chi connectivity index (χ2n) is 2.20. The van der Waals surface area contributed by atoms with Gasteiger partial charge in [0.2, 0.25) is 5.78 Å². The molecule has 0 aromatic carbocycles. The van der Waals surface area contributed by atoms with Gasteiger partial charge in [-0.1, -0.05) is 0 Å². The number of hydrogen-bond acceptors (Lipinski definition) is 3. The second-order valence-corrected chi connectivity index (χ2v) is 2.20. The first-order valence-corrected chi connectivity index (χ1v) is 3.26. The van der Waals surface area contributed by atoms with E-state index in [1.54, 1.807) is 19.3 Å². The molecule has 0 spiro atoms. The molecule has 0 radical (unpaired) electrons. The number of methoxy groups -OCH3 is 1. The van der Waals surface area contributed by atoms with Crippen LogP contribution < -0.4 is 0 Å². The molecule has 11 heavy (non-hydrogen) atoms. The predicted molar refractivity (Wildman–Crippen MR) is 39.4 cm³/mol. The standard InChI is InChI=1S/C7H10N2O2/c1-9-6(3-4-8-9)7(10)5-11-2/h3-4H,5H2,1-2H3. The Bertz CT molecular complexity index is 255. The van der Waals surface area contributed by atoms with Crippen LogP contribution in [0.4, 0.5) is 0 Å². The highest BCUT2D eigenvalue weighted by atomic mass is 16.5. The SMILES string of the molecule is COCC(=O)c1ccnn1C. The normalized spacial score (nSPS) is 10.0. The van der Waals surface area contributed by atoms with Gasteiger partial charge in [-0.05, 0) is 6.07 Å². The van der Waals surface area contributed by atoms with Gasteiger partial charge in [0.15, 0.2) is 0 Å². The van der Waals surface area contributed by atoms with Crippen LogP contribution in [0.15, 0.2) is 12.3 Å². The summed E-state index contributed by atoms with van der Waals surface area (Å²) < 4.78 is 6.22. The average Bonchev–Trinajstić information content (AvgIpc) is 2.36. The first-order valence-electron chi connectivity index (χ1n) is 3.26. The summed E-state index contributed by atoms with van der Waals surface area (Å²) in [5, 5.41) is 3.86. The van der Waals surface area contributed by atoms with Crippen LogP contribution in [0.3, 0.4) is 0 Å². The smallest absolute Gasteiger partial charge is 0.206 e. The van der Waals surface area contributed by atoms with E-state index in [9.17, 15) is 4.79 Å². The lowest BCUT2D eigenvalue weighted by molar-refractivity contribution is 0.0838. The Kier molecular flexibility index (Phi) is 2.38. The Labute approximate surface area is 64.8 Å². The average molecular weight is 154 g/mol. The summed E-state index contributed by atoms with van der Waals surface area (Å²) in [4.78, 5) is 11.1. The molecule has 0 aliphatic rings. The topological polar surface area (TPSA) is 44.1 Å². The van der Waals surface area contributed by atoms with E-state index in [0.717, 1.165) is 0 Å². The monoisotopic (exact) mass is 154 g/mol. The Morgan fingerprint density at radius 1 is 1.82 bits per heavy atom. The van der Waals surface area contributed by atoms with E-state index in [2.05, 4.69) is 5.10 Å². The minimum atomic E-state index is -0.0486. The van der Waals surface area contributed by atoms with Gasteiger partial charge in [0, 0.05) is 20.4 Å². The fraction of sp³-hybridized carbons (Fsp3) is 0.429. The molecule has 0 aliphatic heterocycles. The number of carbonyl (C=O) groups excluding carboxylic acids is 1. The molecule has 4 heteroatoms. The van der Waals surface area contributed by atoms with Gasteiger partial charge < -0.3 is 4.74 Å². The van der Waals surface area contributed by atoms with Gasteiger partial charge in [0.25, 0.3) is 0 Å². The minimum Gasteiger partial charge on any atom is -0.376 e. The fourth-order valence-corrected chi connectivity index (χ4v) is 0.852. The number of hydrogen-bond donors (Lipinski definition) is 0. The van der Waals surface area contributed by atoms with E-state index in [1.807, 2.05) is 0 Å². The number of carbonyl (C=O) groups is 1. The Hall–Kier alpha value is -1.16. The van der Waals surface area contributed by atoms with E-state index in [-0.39, 0.29) is 12.4 Å². The van der Waals surface area contributed by atoms with E-state index < -0.39 is 0 Å². The van der Waals surface area contributed by atoms with Crippen molar-refractivity contribution in [2.45, 2.75) is 0 Å². The van der Waals surface area contributed by atoms with Crippen molar-refractivity contribution in [3.8, 4) is 0 Å². The summed E-state index contributed by atoms with van der Waals surface area (Å²) in [6.07, 6.45) is 1.59. The van der Waals surface area contributed by atoms with Crippen molar-refractivity contribution in [3.63, 3.8) is 0 Å². The van der Waals surface area contributed by atoms with Crippen molar-refractivity contribution in [2.24, 2.45) is 7.05 Å². The molecule has 0 saturated carbocycles. The molecule has 0 unspecified atom stereocenters. The second kappa shape index (κ2) is 3.30. The molecule has 0 aliphatic carbocycles. The van der Waals surface area contributed by atoms with E-state index in [4.69, 9.17) is 4.74 Å². The third kappa shape index (κ3) is 1.65. The van der Waals surface area contributed by atoms with Crippen LogP contribution in [-0.2, 0) is 11.8 Å². The molecule has 4 nitrogen and oxygen atoms in total. The van der Waals surface area contributed by atoms with Crippen LogP contribution in [0, 0.1) is 0 Å². The first-order chi connectivity index (χ1) is 5.25. The van der Waals surface area contributed by atoms with Crippen LogP contribution in [0.2, 0.25) is 0 Å². The summed E-state index contributed by atoms with van der Waals surface area (Å²) >= 11 is 0. The van der Waals surface area contributed by atoms with Gasteiger partial charge in [-0.2, -0.15) is 5.10 Å². The van der Waals surface area contributed by atoms with Crippen LogP contribution in [0.5, 0.6) is 0 Å². The molecular weight excluding hydrogens is 144 g/mol. The first kappa shape index (κ1) is 7.94. The Morgan fingerprint density at radius 3 is 3.00 bits per heavy atom. The number of aryl methyl sites for hydroxylation is 1. The molecule has 1 heterocycles. The molecule has 1 rings (SSSR count). The number of ether oxygens (including phenoxy) is 1. The molecule has 0 fully saturated rings. The van der Waals surface area contributed by atoms with Gasteiger partial charge in [-0.15, -0.1) is 0 Å². The maximum atomic E-state index is 11.1. The number of rotatable bonds is 3.